The van der Waals surface area contributed by atoms with E-state index in [1.165, 1.54) is 0 Å². The van der Waals surface area contributed by atoms with Gasteiger partial charge >= 0.3 is 0 Å². The van der Waals surface area contributed by atoms with E-state index in [1.54, 1.807) is 4.90 Å². The average molecular weight is 296 g/mol. The van der Waals surface area contributed by atoms with Crippen LogP contribution >= 0.6 is 0 Å². The molecule has 1 N–H and O–H groups in total. The van der Waals surface area contributed by atoms with E-state index in [4.69, 9.17) is 4.74 Å². The Morgan fingerprint density at radius 3 is 2.57 bits per heavy atom. The molecule has 5 nitrogen and oxygen atoms in total. The second kappa shape index (κ2) is 5.95. The molecule has 0 aromatic heterocycles. The molecule has 0 aromatic rings. The van der Waals surface area contributed by atoms with Gasteiger partial charge in [-0.25, -0.2) is 0 Å². The van der Waals surface area contributed by atoms with Crippen LogP contribution in [0.2, 0.25) is 0 Å². The SMILES string of the molecule is CCOC1CC(N2CC(=O)NC(CC(C)C)C2=O)C1(C)C. The molecule has 0 radical (unpaired) electrons. The summed E-state index contributed by atoms with van der Waals surface area (Å²) in [5.74, 6) is 0.400. The molecule has 120 valence electrons. The lowest BCUT2D eigenvalue weighted by atomic mass is 9.63. The zero-order valence-corrected chi connectivity index (χ0v) is 13.8. The predicted molar refractivity (Wildman–Crippen MR) is 80.7 cm³/mol. The molecule has 0 bridgehead atoms. The van der Waals surface area contributed by atoms with Gasteiger partial charge in [-0.15, -0.1) is 0 Å². The Hall–Kier alpha value is -1.10. The third kappa shape index (κ3) is 3.07. The first-order valence-electron chi connectivity index (χ1n) is 7.98. The average Bonchev–Trinajstić information content (AvgIpc) is 2.38. The summed E-state index contributed by atoms with van der Waals surface area (Å²) in [6.45, 7) is 11.2. The molecule has 1 saturated heterocycles. The fourth-order valence-electron chi connectivity index (χ4n) is 3.51. The van der Waals surface area contributed by atoms with Crippen LogP contribution in [0.5, 0.6) is 0 Å². The number of hydrogen-bond acceptors (Lipinski definition) is 3. The van der Waals surface area contributed by atoms with E-state index in [1.807, 2.05) is 6.92 Å². The van der Waals surface area contributed by atoms with Crippen molar-refractivity contribution in [2.75, 3.05) is 13.2 Å². The van der Waals surface area contributed by atoms with Crippen LogP contribution in [0.1, 0.15) is 47.5 Å². The van der Waals surface area contributed by atoms with E-state index < -0.39 is 0 Å². The summed E-state index contributed by atoms with van der Waals surface area (Å²) in [5.41, 5.74) is -0.0916. The zero-order chi connectivity index (χ0) is 15.8. The molecular weight excluding hydrogens is 268 g/mol. The minimum atomic E-state index is -0.367. The maximum atomic E-state index is 12.7. The van der Waals surface area contributed by atoms with Gasteiger partial charge in [-0.1, -0.05) is 27.7 Å². The summed E-state index contributed by atoms with van der Waals surface area (Å²) in [6, 6.07) is -0.268. The highest BCUT2D eigenvalue weighted by atomic mass is 16.5. The van der Waals surface area contributed by atoms with E-state index in [0.29, 0.717) is 18.9 Å². The Labute approximate surface area is 127 Å². The van der Waals surface area contributed by atoms with Gasteiger partial charge in [0, 0.05) is 18.1 Å². The minimum absolute atomic E-state index is 0.0455. The summed E-state index contributed by atoms with van der Waals surface area (Å²) in [7, 11) is 0. The highest BCUT2D eigenvalue weighted by Crippen LogP contribution is 2.46. The molecule has 0 aromatic carbocycles. The summed E-state index contributed by atoms with van der Waals surface area (Å²) in [5, 5.41) is 2.83. The lowest BCUT2D eigenvalue weighted by Gasteiger charge is -2.56. The number of carbonyl (C=O) groups is 2. The van der Waals surface area contributed by atoms with Crippen LogP contribution in [-0.2, 0) is 14.3 Å². The molecule has 1 heterocycles. The van der Waals surface area contributed by atoms with Crippen molar-refractivity contribution in [2.45, 2.75) is 65.6 Å². The molecule has 1 saturated carbocycles. The summed E-state index contributed by atoms with van der Waals surface area (Å²) in [6.07, 6.45) is 1.70. The summed E-state index contributed by atoms with van der Waals surface area (Å²) >= 11 is 0. The van der Waals surface area contributed by atoms with Gasteiger partial charge in [0.25, 0.3) is 0 Å². The van der Waals surface area contributed by atoms with Gasteiger partial charge < -0.3 is 15.0 Å². The molecule has 21 heavy (non-hydrogen) atoms. The zero-order valence-electron chi connectivity index (χ0n) is 13.8. The van der Waals surface area contributed by atoms with Crippen LogP contribution in [0.15, 0.2) is 0 Å². The third-order valence-electron chi connectivity index (χ3n) is 4.81. The monoisotopic (exact) mass is 296 g/mol. The first-order chi connectivity index (χ1) is 9.77. The van der Waals surface area contributed by atoms with Crippen molar-refractivity contribution < 1.29 is 14.3 Å². The number of nitrogens with zero attached hydrogens (tertiary/aromatic N) is 1. The number of hydrogen-bond donors (Lipinski definition) is 1. The molecule has 3 unspecified atom stereocenters. The predicted octanol–water partition coefficient (Wildman–Crippen LogP) is 1.56. The Bertz CT molecular complexity index is 420. The Morgan fingerprint density at radius 1 is 1.38 bits per heavy atom. The number of ether oxygens (including phenoxy) is 1. The van der Waals surface area contributed by atoms with Gasteiger partial charge in [0.15, 0.2) is 0 Å². The molecule has 2 amide bonds. The largest absolute Gasteiger partial charge is 0.378 e. The van der Waals surface area contributed by atoms with Crippen molar-refractivity contribution in [2.24, 2.45) is 11.3 Å². The van der Waals surface area contributed by atoms with E-state index in [2.05, 4.69) is 33.0 Å². The lowest BCUT2D eigenvalue weighted by molar-refractivity contribution is -0.175. The van der Waals surface area contributed by atoms with Crippen molar-refractivity contribution in [1.29, 1.82) is 0 Å². The molecule has 1 aliphatic carbocycles. The second-order valence-corrected chi connectivity index (χ2v) is 7.23. The number of piperazine rings is 1. The Kier molecular flexibility index (Phi) is 4.61. The minimum Gasteiger partial charge on any atom is -0.378 e. The van der Waals surface area contributed by atoms with Crippen molar-refractivity contribution in [3.8, 4) is 0 Å². The van der Waals surface area contributed by atoms with Crippen LogP contribution in [0.25, 0.3) is 0 Å². The third-order valence-corrected chi connectivity index (χ3v) is 4.81. The van der Waals surface area contributed by atoms with Gasteiger partial charge in [-0.3, -0.25) is 9.59 Å². The Morgan fingerprint density at radius 2 is 2.05 bits per heavy atom. The van der Waals surface area contributed by atoms with Gasteiger partial charge in [-0.05, 0) is 25.7 Å². The van der Waals surface area contributed by atoms with Crippen LogP contribution in [-0.4, -0.2) is 48.1 Å². The first-order valence-corrected chi connectivity index (χ1v) is 7.98. The molecular formula is C16H28N2O3. The smallest absolute Gasteiger partial charge is 0.245 e. The van der Waals surface area contributed by atoms with Crippen LogP contribution in [0.3, 0.4) is 0 Å². The van der Waals surface area contributed by atoms with Crippen LogP contribution in [0.4, 0.5) is 0 Å². The molecule has 0 spiro atoms. The molecule has 2 aliphatic rings. The molecule has 3 atom stereocenters. The van der Waals surface area contributed by atoms with Crippen molar-refractivity contribution >= 4 is 11.8 Å². The van der Waals surface area contributed by atoms with E-state index >= 15 is 0 Å². The van der Waals surface area contributed by atoms with Gasteiger partial charge in [0.1, 0.15) is 6.04 Å². The first kappa shape index (κ1) is 16.3. The molecule has 2 rings (SSSR count). The van der Waals surface area contributed by atoms with E-state index in [0.717, 1.165) is 6.42 Å². The normalized spacial score (nSPS) is 32.1. The van der Waals surface area contributed by atoms with Crippen molar-refractivity contribution in [3.63, 3.8) is 0 Å². The van der Waals surface area contributed by atoms with E-state index in [-0.39, 0.29) is 42.0 Å². The molecule has 1 aliphatic heterocycles. The number of nitrogens with one attached hydrogen (secondary N) is 1. The van der Waals surface area contributed by atoms with Crippen molar-refractivity contribution in [1.82, 2.24) is 10.2 Å². The second-order valence-electron chi connectivity index (χ2n) is 7.23. The summed E-state index contributed by atoms with van der Waals surface area (Å²) < 4.78 is 5.73. The highest BCUT2D eigenvalue weighted by molar-refractivity contribution is 5.95. The number of carbonyl (C=O) groups excluding carboxylic acids is 2. The molecule has 2 fully saturated rings. The number of amides is 2. The summed E-state index contributed by atoms with van der Waals surface area (Å²) in [4.78, 5) is 26.4. The number of rotatable bonds is 5. The van der Waals surface area contributed by atoms with Crippen LogP contribution < -0.4 is 5.32 Å². The fourth-order valence-corrected chi connectivity index (χ4v) is 3.51. The molecule has 5 heteroatoms. The lowest BCUT2D eigenvalue weighted by Crippen LogP contribution is -2.69. The van der Waals surface area contributed by atoms with Gasteiger partial charge in [0.2, 0.25) is 11.8 Å². The quantitative estimate of drug-likeness (QED) is 0.837. The highest BCUT2D eigenvalue weighted by Gasteiger charge is 2.54. The van der Waals surface area contributed by atoms with Gasteiger partial charge in [-0.2, -0.15) is 0 Å². The standard InChI is InChI=1S/C16H28N2O3/c1-6-21-13-8-12(16(13,4)5)18-9-14(19)17-11(15(18)20)7-10(2)3/h10-13H,6-9H2,1-5H3,(H,17,19). The fraction of sp³-hybridized carbons (Fsp3) is 0.875. The van der Waals surface area contributed by atoms with Gasteiger partial charge in [0.05, 0.1) is 12.6 Å². The Balaban J connectivity index is 2.09. The maximum absolute atomic E-state index is 12.7. The van der Waals surface area contributed by atoms with Crippen molar-refractivity contribution in [3.05, 3.63) is 0 Å². The topological polar surface area (TPSA) is 58.6 Å². The maximum Gasteiger partial charge on any atom is 0.245 e. The van der Waals surface area contributed by atoms with Crippen LogP contribution in [0, 0.1) is 11.3 Å². The van der Waals surface area contributed by atoms with E-state index in [9.17, 15) is 9.59 Å².